The monoisotopic (exact) mass is 369 g/mol. The van der Waals surface area contributed by atoms with Crippen molar-refractivity contribution in [2.24, 2.45) is 0 Å². The quantitative estimate of drug-likeness (QED) is 0.762. The largest absolute Gasteiger partial charge is 0.488 e. The molecule has 0 saturated carbocycles. The first kappa shape index (κ1) is 17.2. The minimum absolute atomic E-state index is 0.0605. The van der Waals surface area contributed by atoms with Gasteiger partial charge in [0, 0.05) is 30.7 Å². The molecule has 0 spiro atoms. The van der Waals surface area contributed by atoms with Crippen molar-refractivity contribution in [1.82, 2.24) is 14.5 Å². The highest BCUT2D eigenvalue weighted by atomic mass is 16.5. The summed E-state index contributed by atoms with van der Waals surface area (Å²) in [6.45, 7) is 1.45. The fourth-order valence-corrected chi connectivity index (χ4v) is 3.38. The van der Waals surface area contributed by atoms with Gasteiger partial charge in [-0.3, -0.25) is 19.6 Å². The second kappa shape index (κ2) is 6.84. The maximum Gasteiger partial charge on any atom is 0.257 e. The number of anilines is 2. The Hall–Kier alpha value is -3.20. The Morgan fingerprint density at radius 2 is 2.22 bits per heavy atom. The molecule has 4 heterocycles. The van der Waals surface area contributed by atoms with Gasteiger partial charge in [-0.15, -0.1) is 0 Å². The third-order valence-electron chi connectivity index (χ3n) is 4.78. The second-order valence-electron chi connectivity index (χ2n) is 6.45. The molecule has 2 aliphatic heterocycles. The Bertz CT molecular complexity index is 957. The standard InChI is InChI=1S/C18H19N5O4/c19-15-9-13(3-5-21(15)11-24)22-6-7-27-14-8-12(10-20-17(14)22)18(26)23-4-1-2-16(23)25/h3,5,8-11,16,19,25H,1-2,4,6-7H2/t16-/m1/s1. The maximum atomic E-state index is 12.6. The molecule has 1 saturated heterocycles. The number of nitrogens with zero attached hydrogens (tertiary/aromatic N) is 4. The van der Waals surface area contributed by atoms with Gasteiger partial charge in [-0.2, -0.15) is 0 Å². The van der Waals surface area contributed by atoms with E-state index in [2.05, 4.69) is 4.98 Å². The van der Waals surface area contributed by atoms with Crippen molar-refractivity contribution in [2.75, 3.05) is 24.6 Å². The van der Waals surface area contributed by atoms with Gasteiger partial charge in [-0.1, -0.05) is 0 Å². The van der Waals surface area contributed by atoms with Crippen molar-refractivity contribution in [3.8, 4) is 5.75 Å². The summed E-state index contributed by atoms with van der Waals surface area (Å²) in [6, 6.07) is 4.94. The van der Waals surface area contributed by atoms with E-state index in [0.717, 1.165) is 6.42 Å². The number of hydrogen-bond donors (Lipinski definition) is 2. The summed E-state index contributed by atoms with van der Waals surface area (Å²) in [5.41, 5.74) is 1.14. The summed E-state index contributed by atoms with van der Waals surface area (Å²) < 4.78 is 6.85. The molecule has 27 heavy (non-hydrogen) atoms. The predicted octanol–water partition coefficient (Wildman–Crippen LogP) is 0.486. The lowest BCUT2D eigenvalue weighted by molar-refractivity contribution is 0.0292. The van der Waals surface area contributed by atoms with E-state index >= 15 is 0 Å². The molecule has 2 aromatic rings. The number of likely N-dealkylation sites (tertiary alicyclic amines) is 1. The summed E-state index contributed by atoms with van der Waals surface area (Å²) in [7, 11) is 0. The van der Waals surface area contributed by atoms with Crippen LogP contribution in [0.25, 0.3) is 0 Å². The minimum Gasteiger partial charge on any atom is -0.488 e. The number of fused-ring (bicyclic) bond motifs is 1. The summed E-state index contributed by atoms with van der Waals surface area (Å²) >= 11 is 0. The zero-order valence-electron chi connectivity index (χ0n) is 14.5. The van der Waals surface area contributed by atoms with E-state index in [1.54, 1.807) is 18.2 Å². The van der Waals surface area contributed by atoms with Crippen LogP contribution in [0.2, 0.25) is 0 Å². The van der Waals surface area contributed by atoms with Crippen molar-refractivity contribution in [3.63, 3.8) is 0 Å². The lowest BCUT2D eigenvalue weighted by atomic mass is 10.2. The topological polar surface area (TPSA) is 112 Å². The molecule has 0 aliphatic carbocycles. The van der Waals surface area contributed by atoms with Crippen molar-refractivity contribution in [2.45, 2.75) is 19.1 Å². The van der Waals surface area contributed by atoms with Gasteiger partial charge < -0.3 is 19.6 Å². The molecule has 140 valence electrons. The van der Waals surface area contributed by atoms with Crippen LogP contribution in [0, 0.1) is 5.41 Å². The second-order valence-corrected chi connectivity index (χ2v) is 6.45. The van der Waals surface area contributed by atoms with Gasteiger partial charge in [0.25, 0.3) is 5.91 Å². The Balaban J connectivity index is 1.66. The molecule has 0 radical (unpaired) electrons. The lowest BCUT2D eigenvalue weighted by Crippen LogP contribution is -2.36. The number of nitrogens with one attached hydrogen (secondary N) is 1. The third kappa shape index (κ3) is 3.06. The molecule has 9 nitrogen and oxygen atoms in total. The zero-order valence-corrected chi connectivity index (χ0v) is 14.5. The molecule has 0 aromatic carbocycles. The molecule has 0 bridgehead atoms. The number of carbonyl (C=O) groups excluding carboxylic acids is 2. The van der Waals surface area contributed by atoms with Gasteiger partial charge in [-0.25, -0.2) is 4.98 Å². The number of amides is 1. The molecular formula is C18H19N5O4. The van der Waals surface area contributed by atoms with Gasteiger partial charge >= 0.3 is 0 Å². The highest BCUT2D eigenvalue weighted by Gasteiger charge is 2.29. The van der Waals surface area contributed by atoms with Crippen LogP contribution < -0.4 is 15.1 Å². The van der Waals surface area contributed by atoms with Crippen LogP contribution in [0.1, 0.15) is 23.2 Å². The molecule has 1 amide bonds. The van der Waals surface area contributed by atoms with Crippen LogP contribution in [0.15, 0.2) is 30.6 Å². The molecule has 9 heteroatoms. The number of carbonyl (C=O) groups is 2. The van der Waals surface area contributed by atoms with Gasteiger partial charge in [0.15, 0.2) is 11.6 Å². The van der Waals surface area contributed by atoms with E-state index in [4.69, 9.17) is 10.1 Å². The van der Waals surface area contributed by atoms with E-state index in [1.807, 2.05) is 4.90 Å². The van der Waals surface area contributed by atoms with Crippen LogP contribution in [-0.2, 0) is 4.79 Å². The Morgan fingerprint density at radius 3 is 2.93 bits per heavy atom. The first-order chi connectivity index (χ1) is 13.1. The van der Waals surface area contributed by atoms with Crippen LogP contribution in [0.3, 0.4) is 0 Å². The average molecular weight is 369 g/mol. The normalized spacial score (nSPS) is 18.8. The number of ether oxygens (including phenoxy) is 1. The predicted molar refractivity (Wildman–Crippen MR) is 95.5 cm³/mol. The van der Waals surface area contributed by atoms with Crippen molar-refractivity contribution < 1.29 is 19.4 Å². The number of hydrogen-bond acceptors (Lipinski definition) is 7. The van der Waals surface area contributed by atoms with Gasteiger partial charge in [-0.05, 0) is 25.0 Å². The van der Waals surface area contributed by atoms with Crippen LogP contribution in [0.5, 0.6) is 5.75 Å². The van der Waals surface area contributed by atoms with E-state index in [9.17, 15) is 14.7 Å². The van der Waals surface area contributed by atoms with Crippen LogP contribution in [0.4, 0.5) is 11.5 Å². The van der Waals surface area contributed by atoms with Crippen LogP contribution >= 0.6 is 0 Å². The lowest BCUT2D eigenvalue weighted by Gasteiger charge is -2.30. The summed E-state index contributed by atoms with van der Waals surface area (Å²) in [5, 5.41) is 17.8. The highest BCUT2D eigenvalue weighted by Crippen LogP contribution is 2.35. The number of aliphatic hydroxyl groups excluding tert-OH is 1. The molecular weight excluding hydrogens is 350 g/mol. The van der Waals surface area contributed by atoms with E-state index in [-0.39, 0.29) is 11.4 Å². The Labute approximate surface area is 154 Å². The van der Waals surface area contributed by atoms with Crippen molar-refractivity contribution in [1.29, 1.82) is 5.41 Å². The van der Waals surface area contributed by atoms with Crippen LogP contribution in [-0.4, -0.2) is 57.8 Å². The summed E-state index contributed by atoms with van der Waals surface area (Å²) in [6.07, 6.45) is 4.17. The molecule has 2 N–H and O–H groups in total. The molecule has 1 fully saturated rings. The van der Waals surface area contributed by atoms with Crippen molar-refractivity contribution >= 4 is 23.8 Å². The fraction of sp³-hybridized carbons (Fsp3) is 0.333. The zero-order chi connectivity index (χ0) is 19.0. The molecule has 4 rings (SSSR count). The molecule has 1 atom stereocenters. The smallest absolute Gasteiger partial charge is 0.257 e. The fourth-order valence-electron chi connectivity index (χ4n) is 3.38. The van der Waals surface area contributed by atoms with Gasteiger partial charge in [0.2, 0.25) is 6.41 Å². The molecule has 2 aliphatic rings. The van der Waals surface area contributed by atoms with Gasteiger partial charge in [0.1, 0.15) is 18.3 Å². The summed E-state index contributed by atoms with van der Waals surface area (Å²) in [5.74, 6) is 0.749. The Kier molecular flexibility index (Phi) is 4.36. The highest BCUT2D eigenvalue weighted by molar-refractivity contribution is 5.95. The molecule has 2 aromatic heterocycles. The summed E-state index contributed by atoms with van der Waals surface area (Å²) in [4.78, 5) is 31.2. The Morgan fingerprint density at radius 1 is 1.37 bits per heavy atom. The number of rotatable bonds is 3. The first-order valence-corrected chi connectivity index (χ1v) is 8.70. The van der Waals surface area contributed by atoms with E-state index in [0.29, 0.717) is 55.3 Å². The minimum atomic E-state index is -0.754. The molecule has 0 unspecified atom stereocenters. The average Bonchev–Trinajstić information content (AvgIpc) is 3.12. The van der Waals surface area contributed by atoms with E-state index < -0.39 is 6.23 Å². The maximum absolute atomic E-state index is 12.6. The number of pyridine rings is 2. The van der Waals surface area contributed by atoms with Gasteiger partial charge in [0.05, 0.1) is 12.1 Å². The van der Waals surface area contributed by atoms with Crippen molar-refractivity contribution in [3.05, 3.63) is 41.6 Å². The number of aliphatic hydroxyl groups is 1. The van der Waals surface area contributed by atoms with E-state index in [1.165, 1.54) is 21.9 Å². The SMILES string of the molecule is N=c1cc(N2CCOc3cc(C(=O)N4CCC[C@H]4O)cnc32)ccn1C=O. The first-order valence-electron chi connectivity index (χ1n) is 8.70. The number of aromatic nitrogens is 2. The third-order valence-corrected chi connectivity index (χ3v) is 4.78.